The van der Waals surface area contributed by atoms with E-state index in [4.69, 9.17) is 12.2 Å². The highest BCUT2D eigenvalue weighted by Crippen LogP contribution is 2.15. The zero-order chi connectivity index (χ0) is 17.8. The molecule has 0 spiro atoms. The average molecular weight is 352 g/mol. The third kappa shape index (κ3) is 3.85. The Morgan fingerprint density at radius 2 is 1.96 bits per heavy atom. The van der Waals surface area contributed by atoms with E-state index in [0.29, 0.717) is 23.3 Å². The summed E-state index contributed by atoms with van der Waals surface area (Å²) in [6.07, 6.45) is 1.71. The van der Waals surface area contributed by atoms with E-state index in [1.807, 2.05) is 36.7 Å². The highest BCUT2D eigenvalue weighted by atomic mass is 32.1. The number of carbonyl (C=O) groups is 1. The minimum Gasteiger partial charge on any atom is -0.352 e. The number of aryl methyl sites for hydroxylation is 1. The minimum atomic E-state index is -0.184. The van der Waals surface area contributed by atoms with Crippen molar-refractivity contribution in [2.24, 2.45) is 0 Å². The number of hydrogen-bond donors (Lipinski definition) is 2. The van der Waals surface area contributed by atoms with Crippen LogP contribution >= 0.6 is 12.2 Å². The van der Waals surface area contributed by atoms with Crippen LogP contribution in [0.2, 0.25) is 0 Å². The topological polar surface area (TPSA) is 62.7 Å². The second-order valence-corrected chi connectivity index (χ2v) is 6.30. The number of nitrogens with zero attached hydrogens (tertiary/aromatic N) is 2. The van der Waals surface area contributed by atoms with Gasteiger partial charge in [-0.05, 0) is 31.5 Å². The molecule has 0 atom stereocenters. The molecule has 0 aliphatic rings. The number of aromatic amines is 1. The summed E-state index contributed by atoms with van der Waals surface area (Å²) in [6.45, 7) is 5.13. The van der Waals surface area contributed by atoms with Crippen molar-refractivity contribution in [3.8, 4) is 0 Å². The van der Waals surface area contributed by atoms with E-state index in [1.54, 1.807) is 18.3 Å². The van der Waals surface area contributed by atoms with Gasteiger partial charge in [-0.15, -0.1) is 0 Å². The Morgan fingerprint density at radius 1 is 1.20 bits per heavy atom. The lowest BCUT2D eigenvalue weighted by molar-refractivity contribution is 0.0950. The molecule has 3 aromatic rings. The maximum absolute atomic E-state index is 12.3. The molecule has 0 fully saturated rings. The predicted octanol–water partition coefficient (Wildman–Crippen LogP) is 3.54. The van der Waals surface area contributed by atoms with Crippen molar-refractivity contribution in [3.63, 3.8) is 0 Å². The molecule has 0 saturated carbocycles. The molecule has 5 nitrogen and oxygen atoms in total. The largest absolute Gasteiger partial charge is 0.352 e. The monoisotopic (exact) mass is 352 g/mol. The zero-order valence-electron chi connectivity index (χ0n) is 14.2. The van der Waals surface area contributed by atoms with Crippen molar-refractivity contribution in [3.05, 3.63) is 81.4 Å². The highest BCUT2D eigenvalue weighted by Gasteiger charge is 2.14. The molecule has 2 aromatic heterocycles. The van der Waals surface area contributed by atoms with Crippen LogP contribution in [-0.4, -0.2) is 20.7 Å². The number of amides is 1. The van der Waals surface area contributed by atoms with Crippen molar-refractivity contribution < 1.29 is 4.79 Å². The van der Waals surface area contributed by atoms with Gasteiger partial charge in [-0.3, -0.25) is 9.48 Å². The van der Waals surface area contributed by atoms with Gasteiger partial charge < -0.3 is 10.3 Å². The standard InChI is InChI=1S/C19H20N4OS/c1-13-17(11-21-18(24)16-9-6-10-20-19(16)25)14(2)23(22-13)12-15-7-4-3-5-8-15/h3-10H,11-12H2,1-2H3,(H,20,25)(H,21,24). The molecule has 0 aliphatic carbocycles. The molecule has 0 unspecified atom stereocenters. The molecule has 25 heavy (non-hydrogen) atoms. The summed E-state index contributed by atoms with van der Waals surface area (Å²) in [5.74, 6) is -0.184. The minimum absolute atomic E-state index is 0.184. The van der Waals surface area contributed by atoms with Crippen molar-refractivity contribution >= 4 is 18.1 Å². The van der Waals surface area contributed by atoms with Gasteiger partial charge in [-0.2, -0.15) is 5.10 Å². The fourth-order valence-electron chi connectivity index (χ4n) is 2.76. The molecule has 3 rings (SSSR count). The Bertz CT molecular complexity index is 944. The number of benzene rings is 1. The normalized spacial score (nSPS) is 10.6. The number of pyridine rings is 1. The third-order valence-electron chi connectivity index (χ3n) is 4.20. The summed E-state index contributed by atoms with van der Waals surface area (Å²) >= 11 is 5.15. The van der Waals surface area contributed by atoms with Gasteiger partial charge in [-0.25, -0.2) is 0 Å². The van der Waals surface area contributed by atoms with E-state index in [9.17, 15) is 4.79 Å². The van der Waals surface area contributed by atoms with Gasteiger partial charge in [0.05, 0.1) is 17.8 Å². The van der Waals surface area contributed by atoms with Crippen LogP contribution in [0.3, 0.4) is 0 Å². The van der Waals surface area contributed by atoms with E-state index in [0.717, 1.165) is 17.0 Å². The summed E-state index contributed by atoms with van der Waals surface area (Å²) in [5.41, 5.74) is 4.69. The van der Waals surface area contributed by atoms with Crippen LogP contribution in [0.5, 0.6) is 0 Å². The van der Waals surface area contributed by atoms with Crippen LogP contribution in [-0.2, 0) is 13.1 Å². The Kier molecular flexibility index (Phi) is 5.09. The first-order chi connectivity index (χ1) is 12.1. The van der Waals surface area contributed by atoms with Gasteiger partial charge in [-0.1, -0.05) is 42.5 Å². The molecule has 2 N–H and O–H groups in total. The Balaban J connectivity index is 1.74. The first kappa shape index (κ1) is 17.1. The quantitative estimate of drug-likeness (QED) is 0.691. The van der Waals surface area contributed by atoms with Crippen LogP contribution in [0.1, 0.15) is 32.9 Å². The van der Waals surface area contributed by atoms with E-state index >= 15 is 0 Å². The maximum atomic E-state index is 12.3. The van der Waals surface area contributed by atoms with E-state index in [2.05, 4.69) is 27.5 Å². The van der Waals surface area contributed by atoms with Gasteiger partial charge in [0.2, 0.25) is 0 Å². The van der Waals surface area contributed by atoms with Gasteiger partial charge in [0.15, 0.2) is 0 Å². The molecular weight excluding hydrogens is 332 g/mol. The number of rotatable bonds is 5. The first-order valence-electron chi connectivity index (χ1n) is 8.09. The molecular formula is C19H20N4OS. The lowest BCUT2D eigenvalue weighted by Gasteiger charge is -2.07. The van der Waals surface area contributed by atoms with Crippen LogP contribution in [0.25, 0.3) is 0 Å². The number of carbonyl (C=O) groups excluding carboxylic acids is 1. The Hall–Kier alpha value is -2.73. The summed E-state index contributed by atoms with van der Waals surface area (Å²) in [7, 11) is 0. The first-order valence-corrected chi connectivity index (χ1v) is 8.50. The van der Waals surface area contributed by atoms with Crippen molar-refractivity contribution in [1.82, 2.24) is 20.1 Å². The molecule has 0 bridgehead atoms. The third-order valence-corrected chi connectivity index (χ3v) is 4.53. The van der Waals surface area contributed by atoms with E-state index in [1.165, 1.54) is 5.56 Å². The molecule has 1 aromatic carbocycles. The second-order valence-electron chi connectivity index (χ2n) is 5.89. The predicted molar refractivity (Wildman–Crippen MR) is 100 cm³/mol. The molecule has 0 saturated heterocycles. The maximum Gasteiger partial charge on any atom is 0.254 e. The molecule has 6 heteroatoms. The highest BCUT2D eigenvalue weighted by molar-refractivity contribution is 7.71. The number of hydrogen-bond acceptors (Lipinski definition) is 3. The molecule has 128 valence electrons. The average Bonchev–Trinajstić information content (AvgIpc) is 2.87. The van der Waals surface area contributed by atoms with Crippen molar-refractivity contribution in [2.75, 3.05) is 0 Å². The smallest absolute Gasteiger partial charge is 0.254 e. The summed E-state index contributed by atoms with van der Waals surface area (Å²) in [5, 5.41) is 7.55. The number of H-pyrrole nitrogens is 1. The summed E-state index contributed by atoms with van der Waals surface area (Å²) < 4.78 is 2.41. The molecule has 1 amide bonds. The summed E-state index contributed by atoms with van der Waals surface area (Å²) in [4.78, 5) is 15.2. The van der Waals surface area contributed by atoms with Crippen LogP contribution in [0.4, 0.5) is 0 Å². The van der Waals surface area contributed by atoms with Crippen LogP contribution in [0, 0.1) is 18.5 Å². The number of aromatic nitrogens is 3. The zero-order valence-corrected chi connectivity index (χ0v) is 15.1. The van der Waals surface area contributed by atoms with Crippen molar-refractivity contribution in [2.45, 2.75) is 26.9 Å². The SMILES string of the molecule is Cc1nn(Cc2ccccc2)c(C)c1CNC(=O)c1ccc[nH]c1=S. The van der Waals surface area contributed by atoms with Gasteiger partial charge in [0.1, 0.15) is 4.64 Å². The Labute approximate surface area is 151 Å². The lowest BCUT2D eigenvalue weighted by atomic mass is 10.2. The van der Waals surface area contributed by atoms with E-state index < -0.39 is 0 Å². The van der Waals surface area contributed by atoms with Crippen molar-refractivity contribution in [1.29, 1.82) is 0 Å². The molecule has 0 radical (unpaired) electrons. The van der Waals surface area contributed by atoms with Gasteiger partial charge in [0.25, 0.3) is 5.91 Å². The van der Waals surface area contributed by atoms with Gasteiger partial charge >= 0.3 is 0 Å². The summed E-state index contributed by atoms with van der Waals surface area (Å²) in [6, 6.07) is 13.7. The lowest BCUT2D eigenvalue weighted by Crippen LogP contribution is -2.24. The number of nitrogens with one attached hydrogen (secondary N) is 2. The fraction of sp³-hybridized carbons (Fsp3) is 0.211. The van der Waals surface area contributed by atoms with Crippen LogP contribution in [0.15, 0.2) is 48.7 Å². The van der Waals surface area contributed by atoms with Crippen LogP contribution < -0.4 is 5.32 Å². The second kappa shape index (κ2) is 7.44. The Morgan fingerprint density at radius 3 is 2.68 bits per heavy atom. The fourth-order valence-corrected chi connectivity index (χ4v) is 2.99. The molecule has 2 heterocycles. The molecule has 0 aliphatic heterocycles. The van der Waals surface area contributed by atoms with Gasteiger partial charge in [0, 0.05) is 24.0 Å². The van der Waals surface area contributed by atoms with E-state index in [-0.39, 0.29) is 5.91 Å².